The van der Waals surface area contributed by atoms with Crippen molar-refractivity contribution in [2.75, 3.05) is 13.1 Å². The largest absolute Gasteiger partial charge is 0.409 e. The lowest BCUT2D eigenvalue weighted by atomic mass is 10.1. The molecule has 1 aliphatic rings. The molecule has 0 aromatic heterocycles. The van der Waals surface area contributed by atoms with Crippen LogP contribution in [-0.2, 0) is 6.54 Å². The van der Waals surface area contributed by atoms with Gasteiger partial charge in [0.05, 0.1) is 0 Å². The van der Waals surface area contributed by atoms with Crippen LogP contribution < -0.4 is 5.73 Å². The minimum atomic E-state index is -0.379. The van der Waals surface area contributed by atoms with Crippen LogP contribution in [0.5, 0.6) is 0 Å². The fourth-order valence-electron chi connectivity index (χ4n) is 2.19. The van der Waals surface area contributed by atoms with E-state index >= 15 is 0 Å². The Morgan fingerprint density at radius 3 is 2.84 bits per heavy atom. The molecule has 1 saturated carbocycles. The highest BCUT2D eigenvalue weighted by Gasteiger charge is 2.24. The van der Waals surface area contributed by atoms with Crippen LogP contribution in [0, 0.1) is 11.7 Å². The molecule has 0 amide bonds. The molecule has 1 aromatic rings. The van der Waals surface area contributed by atoms with Crippen LogP contribution in [0.25, 0.3) is 0 Å². The maximum Gasteiger partial charge on any atom is 0.170 e. The quantitative estimate of drug-likeness (QED) is 0.358. The molecule has 0 radical (unpaired) electrons. The van der Waals surface area contributed by atoms with Crippen molar-refractivity contribution in [1.82, 2.24) is 4.90 Å². The molecule has 0 unspecified atom stereocenters. The summed E-state index contributed by atoms with van der Waals surface area (Å²) in [5.41, 5.74) is 6.97. The molecule has 0 saturated heterocycles. The van der Waals surface area contributed by atoms with Crippen LogP contribution in [0.2, 0.25) is 0 Å². The Bertz CT molecular complexity index is 472. The summed E-state index contributed by atoms with van der Waals surface area (Å²) in [6.45, 7) is 4.79. The zero-order valence-corrected chi connectivity index (χ0v) is 11.1. The van der Waals surface area contributed by atoms with Crippen molar-refractivity contribution in [2.45, 2.75) is 26.3 Å². The average Bonchev–Trinajstić information content (AvgIpc) is 3.22. The molecular formula is C14H20FN3O. The number of amidine groups is 1. The topological polar surface area (TPSA) is 61.8 Å². The molecule has 5 heteroatoms. The second-order valence-corrected chi connectivity index (χ2v) is 5.06. The summed E-state index contributed by atoms with van der Waals surface area (Å²) in [4.78, 5) is 2.30. The number of nitrogens with two attached hydrogens (primary N) is 1. The van der Waals surface area contributed by atoms with Crippen molar-refractivity contribution in [3.8, 4) is 0 Å². The Morgan fingerprint density at radius 2 is 2.26 bits per heavy atom. The molecule has 0 bridgehead atoms. The predicted molar refractivity (Wildman–Crippen MR) is 72.6 cm³/mol. The van der Waals surface area contributed by atoms with Gasteiger partial charge in [-0.2, -0.15) is 0 Å². The summed E-state index contributed by atoms with van der Waals surface area (Å²) < 4.78 is 13.3. The lowest BCUT2D eigenvalue weighted by Gasteiger charge is -2.21. The molecule has 19 heavy (non-hydrogen) atoms. The van der Waals surface area contributed by atoms with Crippen LogP contribution in [0.4, 0.5) is 4.39 Å². The van der Waals surface area contributed by atoms with Crippen molar-refractivity contribution in [2.24, 2.45) is 16.8 Å². The van der Waals surface area contributed by atoms with E-state index < -0.39 is 0 Å². The lowest BCUT2D eigenvalue weighted by Crippen LogP contribution is -2.27. The third kappa shape index (κ3) is 3.67. The number of nitrogens with zero attached hydrogens (tertiary/aromatic N) is 2. The Kier molecular flexibility index (Phi) is 4.37. The standard InChI is InChI=1S/C14H20FN3O/c1-2-18(8-10-3-4-10)9-11-5-6-12(15)7-13(11)14(16)17-19/h5-7,10,19H,2-4,8-9H2,1H3,(H2,16,17). The summed E-state index contributed by atoms with van der Waals surface area (Å²) in [5.74, 6) is 0.375. The van der Waals surface area contributed by atoms with Crippen LogP contribution >= 0.6 is 0 Å². The molecule has 1 aliphatic carbocycles. The second kappa shape index (κ2) is 6.02. The summed E-state index contributed by atoms with van der Waals surface area (Å²) in [5, 5.41) is 11.8. The van der Waals surface area contributed by atoms with Crippen LogP contribution in [0.3, 0.4) is 0 Å². The van der Waals surface area contributed by atoms with Crippen molar-refractivity contribution in [3.63, 3.8) is 0 Å². The molecule has 0 spiro atoms. The minimum Gasteiger partial charge on any atom is -0.409 e. The van der Waals surface area contributed by atoms with E-state index in [1.807, 2.05) is 0 Å². The van der Waals surface area contributed by atoms with Crippen molar-refractivity contribution >= 4 is 5.84 Å². The van der Waals surface area contributed by atoms with Gasteiger partial charge in [-0.25, -0.2) is 4.39 Å². The summed E-state index contributed by atoms with van der Waals surface area (Å²) in [6, 6.07) is 4.43. The smallest absolute Gasteiger partial charge is 0.170 e. The Hall–Kier alpha value is -1.62. The van der Waals surface area contributed by atoms with Gasteiger partial charge in [0.15, 0.2) is 5.84 Å². The van der Waals surface area contributed by atoms with Gasteiger partial charge < -0.3 is 10.9 Å². The third-order valence-electron chi connectivity index (χ3n) is 3.51. The van der Waals surface area contributed by atoms with Crippen molar-refractivity contribution < 1.29 is 9.60 Å². The lowest BCUT2D eigenvalue weighted by molar-refractivity contribution is 0.268. The zero-order chi connectivity index (χ0) is 13.8. The van der Waals surface area contributed by atoms with Gasteiger partial charge in [0, 0.05) is 18.7 Å². The first kappa shape index (κ1) is 13.8. The zero-order valence-electron chi connectivity index (χ0n) is 11.1. The fraction of sp³-hybridized carbons (Fsp3) is 0.500. The molecule has 2 rings (SSSR count). The van der Waals surface area contributed by atoms with Gasteiger partial charge in [-0.05, 0) is 43.0 Å². The summed E-state index contributed by atoms with van der Waals surface area (Å²) >= 11 is 0. The molecule has 0 heterocycles. The van der Waals surface area contributed by atoms with Crippen molar-refractivity contribution in [3.05, 3.63) is 35.1 Å². The molecule has 4 nitrogen and oxygen atoms in total. The Balaban J connectivity index is 2.17. The van der Waals surface area contributed by atoms with E-state index in [4.69, 9.17) is 10.9 Å². The normalized spacial score (nSPS) is 16.1. The van der Waals surface area contributed by atoms with Crippen LogP contribution in [0.1, 0.15) is 30.9 Å². The van der Waals surface area contributed by atoms with Crippen LogP contribution in [0.15, 0.2) is 23.4 Å². The molecule has 3 N–H and O–H groups in total. The minimum absolute atomic E-state index is 0.0445. The van der Waals surface area contributed by atoms with Crippen LogP contribution in [-0.4, -0.2) is 29.0 Å². The van der Waals surface area contributed by atoms with E-state index in [1.54, 1.807) is 6.07 Å². The van der Waals surface area contributed by atoms with E-state index in [1.165, 1.54) is 25.0 Å². The number of hydrogen-bond donors (Lipinski definition) is 2. The summed E-state index contributed by atoms with van der Waals surface area (Å²) in [6.07, 6.45) is 2.60. The molecule has 0 aliphatic heterocycles. The number of oxime groups is 1. The van der Waals surface area contributed by atoms with E-state index in [-0.39, 0.29) is 11.7 Å². The SMILES string of the molecule is CCN(Cc1ccc(F)cc1C(N)=NO)CC1CC1. The first-order valence-electron chi connectivity index (χ1n) is 6.62. The van der Waals surface area contributed by atoms with Gasteiger partial charge in [-0.15, -0.1) is 0 Å². The highest BCUT2D eigenvalue weighted by molar-refractivity contribution is 5.98. The van der Waals surface area contributed by atoms with E-state index in [2.05, 4.69) is 17.0 Å². The first-order chi connectivity index (χ1) is 9.13. The number of hydrogen-bond acceptors (Lipinski definition) is 3. The van der Waals surface area contributed by atoms with E-state index in [0.717, 1.165) is 24.6 Å². The highest BCUT2D eigenvalue weighted by Crippen LogP contribution is 2.30. The number of halogens is 1. The molecule has 104 valence electrons. The third-order valence-corrected chi connectivity index (χ3v) is 3.51. The van der Waals surface area contributed by atoms with Gasteiger partial charge in [-0.3, -0.25) is 4.90 Å². The number of rotatable bonds is 6. The van der Waals surface area contributed by atoms with Crippen molar-refractivity contribution in [1.29, 1.82) is 0 Å². The monoisotopic (exact) mass is 265 g/mol. The van der Waals surface area contributed by atoms with Gasteiger partial charge in [0.1, 0.15) is 5.82 Å². The van der Waals surface area contributed by atoms with E-state index in [9.17, 15) is 4.39 Å². The first-order valence-corrected chi connectivity index (χ1v) is 6.62. The molecule has 1 fully saturated rings. The fourth-order valence-corrected chi connectivity index (χ4v) is 2.19. The van der Waals surface area contributed by atoms with Gasteiger partial charge in [0.2, 0.25) is 0 Å². The maximum atomic E-state index is 13.3. The maximum absolute atomic E-state index is 13.3. The Labute approximate surface area is 112 Å². The average molecular weight is 265 g/mol. The van der Waals surface area contributed by atoms with Gasteiger partial charge in [0.25, 0.3) is 0 Å². The second-order valence-electron chi connectivity index (χ2n) is 5.06. The molecular weight excluding hydrogens is 245 g/mol. The highest BCUT2D eigenvalue weighted by atomic mass is 19.1. The predicted octanol–water partition coefficient (Wildman–Crippen LogP) is 2.15. The number of benzene rings is 1. The summed E-state index contributed by atoms with van der Waals surface area (Å²) in [7, 11) is 0. The van der Waals surface area contributed by atoms with E-state index in [0.29, 0.717) is 12.1 Å². The van der Waals surface area contributed by atoms with Gasteiger partial charge in [-0.1, -0.05) is 18.1 Å². The molecule has 1 aromatic carbocycles. The Morgan fingerprint density at radius 1 is 1.53 bits per heavy atom. The molecule has 0 atom stereocenters. The van der Waals surface area contributed by atoms with Gasteiger partial charge >= 0.3 is 0 Å².